The zero-order chi connectivity index (χ0) is 13.7. The summed E-state index contributed by atoms with van der Waals surface area (Å²) in [6.45, 7) is 8.00. The van der Waals surface area contributed by atoms with Gasteiger partial charge in [0.05, 0.1) is 6.61 Å². The van der Waals surface area contributed by atoms with E-state index in [0.717, 1.165) is 19.1 Å². The van der Waals surface area contributed by atoms with E-state index in [1.165, 1.54) is 51.5 Å². The van der Waals surface area contributed by atoms with E-state index >= 15 is 0 Å². The molecule has 0 spiro atoms. The summed E-state index contributed by atoms with van der Waals surface area (Å²) in [6.07, 6.45) is 9.59. The van der Waals surface area contributed by atoms with Crippen molar-refractivity contribution in [1.29, 1.82) is 0 Å². The quantitative estimate of drug-likeness (QED) is 0.709. The molecule has 0 aromatic heterocycles. The first-order valence-corrected chi connectivity index (χ1v) is 8.23. The number of hydrogen-bond acceptors (Lipinski definition) is 3. The van der Waals surface area contributed by atoms with Crippen LogP contribution in [0.25, 0.3) is 0 Å². The van der Waals surface area contributed by atoms with Crippen molar-refractivity contribution < 1.29 is 5.11 Å². The molecular weight excluding hydrogens is 236 g/mol. The van der Waals surface area contributed by atoms with Gasteiger partial charge in [-0.05, 0) is 31.1 Å². The van der Waals surface area contributed by atoms with Gasteiger partial charge < -0.3 is 10.4 Å². The van der Waals surface area contributed by atoms with E-state index in [0.29, 0.717) is 18.1 Å². The summed E-state index contributed by atoms with van der Waals surface area (Å²) in [4.78, 5) is 2.56. The van der Waals surface area contributed by atoms with Gasteiger partial charge in [-0.1, -0.05) is 33.1 Å². The van der Waals surface area contributed by atoms with E-state index < -0.39 is 0 Å². The average Bonchev–Trinajstić information content (AvgIpc) is 3.22. The van der Waals surface area contributed by atoms with Crippen LogP contribution in [0.5, 0.6) is 0 Å². The van der Waals surface area contributed by atoms with Gasteiger partial charge in [0, 0.05) is 31.7 Å². The van der Waals surface area contributed by atoms with Crippen molar-refractivity contribution in [2.24, 2.45) is 5.41 Å². The highest BCUT2D eigenvalue weighted by Gasteiger charge is 2.38. The van der Waals surface area contributed by atoms with E-state index in [2.05, 4.69) is 24.1 Å². The molecule has 0 atom stereocenters. The Labute approximate surface area is 118 Å². The molecule has 0 heterocycles. The number of hydrogen-bond donors (Lipinski definition) is 2. The minimum absolute atomic E-state index is 0.310. The minimum atomic E-state index is 0.310. The summed E-state index contributed by atoms with van der Waals surface area (Å²) < 4.78 is 0. The highest BCUT2D eigenvalue weighted by atomic mass is 16.3. The Morgan fingerprint density at radius 1 is 1.21 bits per heavy atom. The lowest BCUT2D eigenvalue weighted by Crippen LogP contribution is -2.48. The van der Waals surface area contributed by atoms with Gasteiger partial charge >= 0.3 is 0 Å². The van der Waals surface area contributed by atoms with Gasteiger partial charge in [-0.15, -0.1) is 0 Å². The van der Waals surface area contributed by atoms with Crippen molar-refractivity contribution in [1.82, 2.24) is 10.2 Å². The molecule has 0 aliphatic heterocycles. The molecule has 0 aromatic carbocycles. The van der Waals surface area contributed by atoms with Crippen molar-refractivity contribution in [3.63, 3.8) is 0 Å². The molecule has 2 N–H and O–H groups in total. The van der Waals surface area contributed by atoms with Crippen LogP contribution in [0.3, 0.4) is 0 Å². The predicted molar refractivity (Wildman–Crippen MR) is 80.3 cm³/mol. The Morgan fingerprint density at radius 2 is 1.89 bits per heavy atom. The molecule has 3 heteroatoms. The molecule has 0 unspecified atom stereocenters. The van der Waals surface area contributed by atoms with E-state index in [1.807, 2.05) is 0 Å². The van der Waals surface area contributed by atoms with Crippen LogP contribution in [0.1, 0.15) is 58.8 Å². The molecule has 2 fully saturated rings. The maximum absolute atomic E-state index is 9.29. The van der Waals surface area contributed by atoms with Gasteiger partial charge in [0.2, 0.25) is 0 Å². The number of nitrogens with zero attached hydrogens (tertiary/aromatic N) is 1. The fourth-order valence-electron chi connectivity index (χ4n) is 3.50. The van der Waals surface area contributed by atoms with Crippen LogP contribution < -0.4 is 5.32 Å². The first kappa shape index (κ1) is 15.3. The van der Waals surface area contributed by atoms with Crippen molar-refractivity contribution in [3.05, 3.63) is 0 Å². The smallest absolute Gasteiger partial charge is 0.0558 e. The van der Waals surface area contributed by atoms with Crippen molar-refractivity contribution in [2.45, 2.75) is 70.9 Å². The zero-order valence-corrected chi connectivity index (χ0v) is 12.8. The van der Waals surface area contributed by atoms with Crippen LogP contribution in [0, 0.1) is 5.41 Å². The SMILES string of the molecule is CC(C)NCC1(CN(CCO)C2CC2)CCCCC1. The summed E-state index contributed by atoms with van der Waals surface area (Å²) in [7, 11) is 0. The number of aliphatic hydroxyl groups excluding tert-OH is 1. The van der Waals surface area contributed by atoms with Crippen LogP contribution in [0.2, 0.25) is 0 Å². The maximum Gasteiger partial charge on any atom is 0.0558 e. The standard InChI is InChI=1S/C16H32N2O/c1-14(2)17-12-16(8-4-3-5-9-16)13-18(10-11-19)15-6-7-15/h14-15,17,19H,3-13H2,1-2H3. The second-order valence-electron chi connectivity index (χ2n) is 7.02. The maximum atomic E-state index is 9.29. The molecule has 19 heavy (non-hydrogen) atoms. The van der Waals surface area contributed by atoms with Crippen LogP contribution in [0.4, 0.5) is 0 Å². The van der Waals surface area contributed by atoms with Gasteiger partial charge in [0.25, 0.3) is 0 Å². The molecule has 2 saturated carbocycles. The Balaban J connectivity index is 1.94. The molecule has 2 aliphatic carbocycles. The molecule has 0 saturated heterocycles. The molecule has 2 rings (SSSR count). The molecule has 0 radical (unpaired) electrons. The van der Waals surface area contributed by atoms with Crippen molar-refractivity contribution >= 4 is 0 Å². The first-order valence-electron chi connectivity index (χ1n) is 8.23. The number of nitrogens with one attached hydrogen (secondary N) is 1. The molecule has 0 amide bonds. The van der Waals surface area contributed by atoms with Gasteiger partial charge in [0.1, 0.15) is 0 Å². The second kappa shape index (κ2) is 7.05. The monoisotopic (exact) mass is 268 g/mol. The van der Waals surface area contributed by atoms with E-state index in [-0.39, 0.29) is 0 Å². The summed E-state index contributed by atoms with van der Waals surface area (Å²) in [5.41, 5.74) is 0.459. The third-order valence-corrected chi connectivity index (χ3v) is 4.79. The van der Waals surface area contributed by atoms with Gasteiger partial charge in [-0.2, -0.15) is 0 Å². The van der Waals surface area contributed by atoms with Gasteiger partial charge in [-0.25, -0.2) is 0 Å². The largest absolute Gasteiger partial charge is 0.395 e. The molecular formula is C16H32N2O. The third-order valence-electron chi connectivity index (χ3n) is 4.79. The van der Waals surface area contributed by atoms with Crippen LogP contribution in [0.15, 0.2) is 0 Å². The first-order chi connectivity index (χ1) is 9.15. The second-order valence-corrected chi connectivity index (χ2v) is 7.02. The zero-order valence-electron chi connectivity index (χ0n) is 12.8. The topological polar surface area (TPSA) is 35.5 Å². The summed E-state index contributed by atoms with van der Waals surface area (Å²) in [5.74, 6) is 0. The molecule has 0 bridgehead atoms. The lowest BCUT2D eigenvalue weighted by atomic mass is 9.73. The molecule has 2 aliphatic rings. The highest BCUT2D eigenvalue weighted by molar-refractivity contribution is 4.93. The Kier molecular flexibility index (Phi) is 5.67. The summed E-state index contributed by atoms with van der Waals surface area (Å²) in [5, 5.41) is 13.0. The fourth-order valence-corrected chi connectivity index (χ4v) is 3.50. The molecule has 112 valence electrons. The fraction of sp³-hybridized carbons (Fsp3) is 1.00. The predicted octanol–water partition coefficient (Wildman–Crippen LogP) is 2.39. The summed E-state index contributed by atoms with van der Waals surface area (Å²) in [6, 6.07) is 1.34. The molecule has 3 nitrogen and oxygen atoms in total. The minimum Gasteiger partial charge on any atom is -0.395 e. The lowest BCUT2D eigenvalue weighted by molar-refractivity contribution is 0.0822. The van der Waals surface area contributed by atoms with Crippen LogP contribution >= 0.6 is 0 Å². The average molecular weight is 268 g/mol. The van der Waals surface area contributed by atoms with Gasteiger partial charge in [-0.3, -0.25) is 4.90 Å². The Bertz CT molecular complexity index is 257. The van der Waals surface area contributed by atoms with E-state index in [1.54, 1.807) is 0 Å². The highest BCUT2D eigenvalue weighted by Crippen LogP contribution is 2.39. The van der Waals surface area contributed by atoms with Crippen LogP contribution in [-0.2, 0) is 0 Å². The third kappa shape index (κ3) is 4.73. The summed E-state index contributed by atoms with van der Waals surface area (Å²) >= 11 is 0. The number of rotatable bonds is 8. The van der Waals surface area contributed by atoms with Crippen LogP contribution in [-0.4, -0.2) is 48.3 Å². The lowest BCUT2D eigenvalue weighted by Gasteiger charge is -2.42. The Hall–Kier alpha value is -0.120. The molecule has 0 aromatic rings. The van der Waals surface area contributed by atoms with Crippen molar-refractivity contribution in [2.75, 3.05) is 26.2 Å². The van der Waals surface area contributed by atoms with Gasteiger partial charge in [0.15, 0.2) is 0 Å². The normalized spacial score (nSPS) is 23.2. The van der Waals surface area contributed by atoms with Crippen molar-refractivity contribution in [3.8, 4) is 0 Å². The number of aliphatic hydroxyl groups is 1. The Morgan fingerprint density at radius 3 is 2.42 bits per heavy atom. The van der Waals surface area contributed by atoms with E-state index in [4.69, 9.17) is 0 Å². The van der Waals surface area contributed by atoms with E-state index in [9.17, 15) is 5.11 Å².